The molecule has 0 aromatic rings. The number of aliphatic hydroxyl groups excluding tert-OH is 3. The van der Waals surface area contributed by atoms with Gasteiger partial charge in [-0.2, -0.15) is 0 Å². The standard InChI is InChI=1S/C14H30O4/c1-12(11-14(17)18)7-3-2-4-8-13(16)9-5-6-10-15/h12-18H,2-11H2,1H3. The summed E-state index contributed by atoms with van der Waals surface area (Å²) < 4.78 is 0. The molecule has 2 atom stereocenters. The van der Waals surface area contributed by atoms with Crippen LogP contribution in [0.3, 0.4) is 0 Å². The molecule has 0 spiro atoms. The number of hydrogen-bond donors (Lipinski definition) is 4. The Bertz CT molecular complexity index is 173. The molecule has 4 nitrogen and oxygen atoms in total. The third-order valence-electron chi connectivity index (χ3n) is 3.29. The predicted molar refractivity (Wildman–Crippen MR) is 72.0 cm³/mol. The molecule has 0 aliphatic heterocycles. The van der Waals surface area contributed by atoms with Crippen molar-refractivity contribution in [2.75, 3.05) is 6.61 Å². The molecule has 0 saturated carbocycles. The maximum Gasteiger partial charge on any atom is 0.151 e. The molecule has 0 aliphatic carbocycles. The lowest BCUT2D eigenvalue weighted by Gasteiger charge is -2.13. The molecule has 0 aromatic heterocycles. The van der Waals surface area contributed by atoms with E-state index < -0.39 is 6.29 Å². The Morgan fingerprint density at radius 2 is 1.33 bits per heavy atom. The topological polar surface area (TPSA) is 80.9 Å². The predicted octanol–water partition coefficient (Wildman–Crippen LogP) is 1.80. The van der Waals surface area contributed by atoms with E-state index in [1.165, 1.54) is 0 Å². The zero-order valence-electron chi connectivity index (χ0n) is 11.6. The summed E-state index contributed by atoms with van der Waals surface area (Å²) in [6, 6.07) is 0. The summed E-state index contributed by atoms with van der Waals surface area (Å²) in [5.74, 6) is 0.347. The molecule has 4 heteroatoms. The largest absolute Gasteiger partial charge is 0.396 e. The van der Waals surface area contributed by atoms with E-state index in [1.54, 1.807) is 0 Å². The van der Waals surface area contributed by atoms with Crippen molar-refractivity contribution in [1.82, 2.24) is 0 Å². The van der Waals surface area contributed by atoms with Crippen molar-refractivity contribution in [3.8, 4) is 0 Å². The lowest BCUT2D eigenvalue weighted by Crippen LogP contribution is -2.10. The van der Waals surface area contributed by atoms with Crippen LogP contribution in [0, 0.1) is 5.92 Å². The molecule has 0 bridgehead atoms. The summed E-state index contributed by atoms with van der Waals surface area (Å²) in [7, 11) is 0. The van der Waals surface area contributed by atoms with Gasteiger partial charge in [-0.1, -0.05) is 32.6 Å². The maximum atomic E-state index is 9.66. The van der Waals surface area contributed by atoms with Crippen molar-refractivity contribution < 1.29 is 20.4 Å². The van der Waals surface area contributed by atoms with Crippen LogP contribution in [0.25, 0.3) is 0 Å². The minimum atomic E-state index is -1.19. The smallest absolute Gasteiger partial charge is 0.151 e. The number of hydrogen-bond acceptors (Lipinski definition) is 4. The highest BCUT2D eigenvalue weighted by atomic mass is 16.5. The van der Waals surface area contributed by atoms with Crippen LogP contribution in [0.4, 0.5) is 0 Å². The first kappa shape index (κ1) is 17.8. The monoisotopic (exact) mass is 262 g/mol. The molecule has 4 N–H and O–H groups in total. The highest BCUT2D eigenvalue weighted by Gasteiger charge is 2.07. The first-order valence-electron chi connectivity index (χ1n) is 7.21. The Balaban J connectivity index is 3.28. The van der Waals surface area contributed by atoms with E-state index in [1.807, 2.05) is 6.92 Å². The van der Waals surface area contributed by atoms with Crippen molar-refractivity contribution in [1.29, 1.82) is 0 Å². The van der Waals surface area contributed by atoms with Crippen molar-refractivity contribution >= 4 is 0 Å². The van der Waals surface area contributed by atoms with E-state index in [0.717, 1.165) is 51.4 Å². The van der Waals surface area contributed by atoms with Gasteiger partial charge in [0.05, 0.1) is 6.10 Å². The lowest BCUT2D eigenvalue weighted by atomic mass is 9.98. The fraction of sp³-hybridized carbons (Fsp3) is 1.00. The van der Waals surface area contributed by atoms with Crippen LogP contribution in [0.15, 0.2) is 0 Å². The Hall–Kier alpha value is -0.160. The first-order valence-corrected chi connectivity index (χ1v) is 7.21. The quantitative estimate of drug-likeness (QED) is 0.319. The van der Waals surface area contributed by atoms with E-state index in [-0.39, 0.29) is 12.7 Å². The van der Waals surface area contributed by atoms with Crippen LogP contribution in [0.1, 0.15) is 64.7 Å². The number of unbranched alkanes of at least 4 members (excludes halogenated alkanes) is 3. The van der Waals surface area contributed by atoms with Gasteiger partial charge in [-0.3, -0.25) is 0 Å². The third kappa shape index (κ3) is 12.3. The SMILES string of the molecule is CC(CCCCCC(O)CCCCO)CC(O)O. The zero-order chi connectivity index (χ0) is 13.8. The van der Waals surface area contributed by atoms with Crippen LogP contribution in [0.5, 0.6) is 0 Å². The van der Waals surface area contributed by atoms with Crippen molar-refractivity contribution in [2.24, 2.45) is 5.92 Å². The normalized spacial score (nSPS) is 15.0. The molecule has 18 heavy (non-hydrogen) atoms. The average molecular weight is 262 g/mol. The third-order valence-corrected chi connectivity index (χ3v) is 3.29. The average Bonchev–Trinajstić information content (AvgIpc) is 2.28. The molecule has 0 aromatic carbocycles. The van der Waals surface area contributed by atoms with Crippen LogP contribution >= 0.6 is 0 Å². The van der Waals surface area contributed by atoms with Gasteiger partial charge in [-0.25, -0.2) is 0 Å². The Morgan fingerprint density at radius 1 is 0.778 bits per heavy atom. The first-order chi connectivity index (χ1) is 8.56. The fourth-order valence-electron chi connectivity index (χ4n) is 2.16. The van der Waals surface area contributed by atoms with Crippen molar-refractivity contribution in [3.63, 3.8) is 0 Å². The summed E-state index contributed by atoms with van der Waals surface area (Å²) in [6.07, 6.45) is 6.52. The summed E-state index contributed by atoms with van der Waals surface area (Å²) in [5.41, 5.74) is 0. The van der Waals surface area contributed by atoms with Gasteiger partial charge in [-0.15, -0.1) is 0 Å². The van der Waals surface area contributed by atoms with Gasteiger partial charge in [0.1, 0.15) is 0 Å². The van der Waals surface area contributed by atoms with E-state index in [2.05, 4.69) is 0 Å². The molecule has 110 valence electrons. The lowest BCUT2D eigenvalue weighted by molar-refractivity contribution is -0.0551. The number of rotatable bonds is 12. The molecule has 0 rings (SSSR count). The minimum absolute atomic E-state index is 0.210. The van der Waals surface area contributed by atoms with Crippen molar-refractivity contribution in [3.05, 3.63) is 0 Å². The number of aliphatic hydroxyl groups is 4. The van der Waals surface area contributed by atoms with Gasteiger partial charge in [0.25, 0.3) is 0 Å². The van der Waals surface area contributed by atoms with Gasteiger partial charge in [0.2, 0.25) is 0 Å². The fourth-order valence-corrected chi connectivity index (χ4v) is 2.16. The zero-order valence-corrected chi connectivity index (χ0v) is 11.6. The highest BCUT2D eigenvalue weighted by Crippen LogP contribution is 2.16. The summed E-state index contributed by atoms with van der Waals surface area (Å²) >= 11 is 0. The second-order valence-corrected chi connectivity index (χ2v) is 5.33. The molecule has 0 fully saturated rings. The second kappa shape index (κ2) is 11.9. The summed E-state index contributed by atoms with van der Waals surface area (Å²) in [5, 5.41) is 35.9. The molecule has 0 aliphatic rings. The van der Waals surface area contributed by atoms with Crippen LogP contribution in [-0.2, 0) is 0 Å². The van der Waals surface area contributed by atoms with Crippen LogP contribution < -0.4 is 0 Å². The molecule has 2 unspecified atom stereocenters. The van der Waals surface area contributed by atoms with E-state index in [0.29, 0.717) is 12.3 Å². The van der Waals surface area contributed by atoms with Crippen molar-refractivity contribution in [2.45, 2.75) is 77.1 Å². The van der Waals surface area contributed by atoms with Crippen LogP contribution in [0.2, 0.25) is 0 Å². The molecule has 0 saturated heterocycles. The molecule has 0 amide bonds. The summed E-state index contributed by atoms with van der Waals surface area (Å²) in [4.78, 5) is 0. The van der Waals surface area contributed by atoms with E-state index in [9.17, 15) is 5.11 Å². The van der Waals surface area contributed by atoms with Gasteiger partial charge in [0, 0.05) is 13.0 Å². The van der Waals surface area contributed by atoms with Gasteiger partial charge >= 0.3 is 0 Å². The van der Waals surface area contributed by atoms with E-state index >= 15 is 0 Å². The Labute approximate surface area is 111 Å². The van der Waals surface area contributed by atoms with Crippen LogP contribution in [-0.4, -0.2) is 39.4 Å². The Kier molecular flexibility index (Phi) is 11.8. The molecular formula is C14H30O4. The second-order valence-electron chi connectivity index (χ2n) is 5.33. The molecule has 0 heterocycles. The van der Waals surface area contributed by atoms with E-state index in [4.69, 9.17) is 15.3 Å². The van der Waals surface area contributed by atoms with Gasteiger partial charge < -0.3 is 20.4 Å². The molecule has 0 radical (unpaired) electrons. The van der Waals surface area contributed by atoms with Gasteiger partial charge in [-0.05, 0) is 31.6 Å². The minimum Gasteiger partial charge on any atom is -0.396 e. The Morgan fingerprint density at radius 3 is 1.89 bits per heavy atom. The highest BCUT2D eigenvalue weighted by molar-refractivity contribution is 4.59. The summed E-state index contributed by atoms with van der Waals surface area (Å²) in [6.45, 7) is 2.24. The maximum absolute atomic E-state index is 9.66. The van der Waals surface area contributed by atoms with Gasteiger partial charge in [0.15, 0.2) is 6.29 Å². The molecular weight excluding hydrogens is 232 g/mol.